The zero-order valence-corrected chi connectivity index (χ0v) is 19.4. The highest BCUT2D eigenvalue weighted by molar-refractivity contribution is 6.51. The fourth-order valence-electron chi connectivity index (χ4n) is 4.19. The summed E-state index contributed by atoms with van der Waals surface area (Å²) >= 11 is -1.02. The molecule has 26 heavy (non-hydrogen) atoms. The van der Waals surface area contributed by atoms with Crippen LogP contribution in [0.3, 0.4) is 0 Å². The van der Waals surface area contributed by atoms with Crippen LogP contribution in [0.4, 0.5) is 0 Å². The molecule has 0 aromatic carbocycles. The monoisotopic (exact) mass is 382 g/mol. The van der Waals surface area contributed by atoms with Crippen molar-refractivity contribution in [3.63, 3.8) is 0 Å². The van der Waals surface area contributed by atoms with E-state index in [-0.39, 0.29) is 0 Å². The average Bonchev–Trinajstić information content (AvgIpc) is 2.67. The molecule has 1 rings (SSSR count). The fourth-order valence-corrected chi connectivity index (χ4v) is 7.06. The molecule has 0 amide bonds. The minimum atomic E-state index is -1.02. The van der Waals surface area contributed by atoms with Crippen LogP contribution >= 0.6 is 0 Å². The molecule has 0 N–H and O–H groups in total. The maximum absolute atomic E-state index is 6.73. The minimum absolute atomic E-state index is 0.468. The van der Waals surface area contributed by atoms with E-state index in [9.17, 15) is 0 Å². The van der Waals surface area contributed by atoms with Crippen LogP contribution < -0.4 is 0 Å². The van der Waals surface area contributed by atoms with Crippen molar-refractivity contribution in [3.8, 4) is 0 Å². The van der Waals surface area contributed by atoms with Gasteiger partial charge >= 0.3 is 14.5 Å². The maximum Gasteiger partial charge on any atom is 0.460 e. The van der Waals surface area contributed by atoms with Crippen LogP contribution in [0.1, 0.15) is 111 Å². The molecule has 2 nitrogen and oxygen atoms in total. The van der Waals surface area contributed by atoms with Crippen molar-refractivity contribution in [1.82, 2.24) is 0 Å². The van der Waals surface area contributed by atoms with Crippen molar-refractivity contribution >= 4 is 14.5 Å². The lowest BCUT2D eigenvalue weighted by molar-refractivity contribution is 0.0226. The summed E-state index contributed by atoms with van der Waals surface area (Å²) in [6.07, 6.45) is 19.8. The summed E-state index contributed by atoms with van der Waals surface area (Å²) in [7, 11) is 0. The van der Waals surface area contributed by atoms with Gasteiger partial charge in [0.05, 0.1) is 0 Å². The summed E-state index contributed by atoms with van der Waals surface area (Å²) < 4.78 is 12.3. The molecule has 0 saturated carbocycles. The third-order valence-electron chi connectivity index (χ3n) is 6.10. The first-order valence-corrected chi connectivity index (χ1v) is 14.1. The predicted molar refractivity (Wildman–Crippen MR) is 116 cm³/mol. The van der Waals surface area contributed by atoms with Crippen LogP contribution in [0, 0.1) is 5.92 Å². The second kappa shape index (κ2) is 17.5. The molecule has 1 aliphatic rings. The molecule has 1 heterocycles. The Hall–Kier alpha value is 0.452. The highest BCUT2D eigenvalue weighted by Gasteiger charge is 2.27. The van der Waals surface area contributed by atoms with Crippen LogP contribution in [0.25, 0.3) is 0 Å². The van der Waals surface area contributed by atoms with E-state index in [0.29, 0.717) is 6.10 Å². The molecule has 0 aromatic rings. The molecule has 0 aliphatic carbocycles. The van der Waals surface area contributed by atoms with Gasteiger partial charge in [0.15, 0.2) is 0 Å². The summed E-state index contributed by atoms with van der Waals surface area (Å²) in [4.78, 5) is 0. The number of hydrogen-bond donors (Lipinski definition) is 0. The van der Waals surface area contributed by atoms with Crippen molar-refractivity contribution in [2.75, 3.05) is 13.2 Å². The normalized spacial score (nSPS) is 16.7. The summed E-state index contributed by atoms with van der Waals surface area (Å²) in [5.74, 6) is 0.743. The maximum atomic E-state index is 6.73. The Morgan fingerprint density at radius 2 is 1.23 bits per heavy atom. The molecule has 1 atom stereocenters. The van der Waals surface area contributed by atoms with E-state index in [4.69, 9.17) is 8.53 Å². The smallest absolute Gasteiger partial charge is 0.460 e. The van der Waals surface area contributed by atoms with Crippen molar-refractivity contribution in [2.24, 2.45) is 5.92 Å². The number of hydrogen-bond acceptors (Lipinski definition) is 2. The lowest BCUT2D eigenvalue weighted by Crippen LogP contribution is -2.32. The number of rotatable bonds is 17. The molecular weight excluding hydrogens is 335 g/mol. The quantitative estimate of drug-likeness (QED) is 0.191. The summed E-state index contributed by atoms with van der Waals surface area (Å²) in [6.45, 7) is 8.83. The molecule has 0 aromatic heterocycles. The van der Waals surface area contributed by atoms with E-state index in [1.165, 1.54) is 100 Å². The molecule has 0 bridgehead atoms. The highest BCUT2D eigenvalue weighted by atomic mass is 27.2. The lowest BCUT2D eigenvalue weighted by atomic mass is 9.95. The fraction of sp³-hybridized carbons (Fsp3) is 1.00. The molecule has 154 valence electrons. The topological polar surface area (TPSA) is 18.5 Å². The van der Waals surface area contributed by atoms with Gasteiger partial charge in [-0.1, -0.05) is 101 Å². The van der Waals surface area contributed by atoms with E-state index in [1.54, 1.807) is 0 Å². The highest BCUT2D eigenvalue weighted by Crippen LogP contribution is 2.24. The van der Waals surface area contributed by atoms with Crippen molar-refractivity contribution < 1.29 is 8.53 Å². The minimum Gasteiger partial charge on any atom is -0.498 e. The average molecular weight is 383 g/mol. The molecular formula is C23H47AlO2. The van der Waals surface area contributed by atoms with Gasteiger partial charge < -0.3 is 8.53 Å². The second-order valence-corrected chi connectivity index (χ2v) is 11.2. The Labute approximate surface area is 169 Å². The Morgan fingerprint density at radius 1 is 0.769 bits per heavy atom. The summed E-state index contributed by atoms with van der Waals surface area (Å²) in [6, 6.07) is 0. The molecule has 3 heteroatoms. The Balaban J connectivity index is 2.26. The van der Waals surface area contributed by atoms with E-state index < -0.39 is 14.5 Å². The first-order valence-electron chi connectivity index (χ1n) is 12.0. The van der Waals surface area contributed by atoms with Gasteiger partial charge in [-0.2, -0.15) is 0 Å². The Morgan fingerprint density at radius 3 is 1.73 bits per heavy atom. The second-order valence-electron chi connectivity index (χ2n) is 8.53. The van der Waals surface area contributed by atoms with Gasteiger partial charge in [0.25, 0.3) is 0 Å². The third kappa shape index (κ3) is 12.8. The molecule has 0 spiro atoms. The first-order chi connectivity index (χ1) is 12.8. The van der Waals surface area contributed by atoms with Gasteiger partial charge in [-0.05, 0) is 25.7 Å². The standard InChI is InChI=1S/2C8H17.C7H13O2.Al/c2*1-3-5-7-8-6-4-2;1-6(8)7-2-4-9-5-3-7;/h2*1,3-8H2,2H3;6-7H,2-5H2,1H3;/q;;-1;+1. The van der Waals surface area contributed by atoms with Crippen LogP contribution in [0.5, 0.6) is 0 Å². The first kappa shape index (κ1) is 24.5. The zero-order chi connectivity index (χ0) is 18.9. The van der Waals surface area contributed by atoms with E-state index >= 15 is 0 Å². The van der Waals surface area contributed by atoms with E-state index in [0.717, 1.165) is 19.1 Å². The molecule has 1 saturated heterocycles. The largest absolute Gasteiger partial charge is 0.498 e. The Kier molecular flexibility index (Phi) is 16.5. The van der Waals surface area contributed by atoms with Crippen LogP contribution in [0.15, 0.2) is 0 Å². The van der Waals surface area contributed by atoms with Gasteiger partial charge in [-0.3, -0.25) is 0 Å². The van der Waals surface area contributed by atoms with Crippen LogP contribution in [-0.2, 0) is 8.53 Å². The number of unbranched alkanes of at least 4 members (excludes halogenated alkanes) is 10. The van der Waals surface area contributed by atoms with Gasteiger partial charge in [0.2, 0.25) is 0 Å². The van der Waals surface area contributed by atoms with Gasteiger partial charge in [-0.15, -0.1) is 0 Å². The van der Waals surface area contributed by atoms with Crippen molar-refractivity contribution in [1.29, 1.82) is 0 Å². The zero-order valence-electron chi connectivity index (χ0n) is 18.3. The van der Waals surface area contributed by atoms with Gasteiger partial charge in [-0.25, -0.2) is 0 Å². The molecule has 1 fully saturated rings. The predicted octanol–water partition coefficient (Wildman–Crippen LogP) is 7.53. The van der Waals surface area contributed by atoms with Crippen molar-refractivity contribution in [2.45, 2.75) is 127 Å². The molecule has 0 radical (unpaired) electrons. The van der Waals surface area contributed by atoms with Crippen LogP contribution in [-0.4, -0.2) is 33.8 Å². The number of ether oxygens (including phenoxy) is 1. The summed E-state index contributed by atoms with van der Waals surface area (Å²) in [5.41, 5.74) is 0. The molecule has 1 aliphatic heterocycles. The van der Waals surface area contributed by atoms with E-state index in [1.807, 2.05) is 0 Å². The van der Waals surface area contributed by atoms with E-state index in [2.05, 4.69) is 20.8 Å². The molecule has 1 unspecified atom stereocenters. The van der Waals surface area contributed by atoms with Gasteiger partial charge in [0, 0.05) is 19.3 Å². The Bertz CT molecular complexity index is 276. The lowest BCUT2D eigenvalue weighted by Gasteiger charge is -2.30. The third-order valence-corrected chi connectivity index (χ3v) is 9.01. The summed E-state index contributed by atoms with van der Waals surface area (Å²) in [5, 5.41) is 2.82. The SMILES string of the molecule is CCCCCCC[CH2][Al]([CH2]CCCCCCC)[O]C(C)C1CCOCC1. The van der Waals surface area contributed by atoms with Gasteiger partial charge in [0.1, 0.15) is 0 Å². The van der Waals surface area contributed by atoms with Crippen molar-refractivity contribution in [3.05, 3.63) is 0 Å². The van der Waals surface area contributed by atoms with Crippen LogP contribution in [0.2, 0.25) is 10.6 Å².